The molecule has 1 aliphatic carbocycles. The molecule has 1 unspecified atom stereocenters. The molecule has 1 saturated heterocycles. The predicted molar refractivity (Wildman–Crippen MR) is 90.7 cm³/mol. The van der Waals surface area contributed by atoms with Crippen molar-refractivity contribution in [3.05, 3.63) is 36.2 Å². The van der Waals surface area contributed by atoms with E-state index in [0.717, 1.165) is 31.3 Å². The summed E-state index contributed by atoms with van der Waals surface area (Å²) < 4.78 is 7.95. The molecule has 4 rings (SSSR count). The van der Waals surface area contributed by atoms with Gasteiger partial charge in [-0.15, -0.1) is 5.10 Å². The SMILES string of the molecule is CC(c1nnnn1C1CC1)N1CCC(COc2ccccc2)CC1. The van der Waals surface area contributed by atoms with Crippen LogP contribution in [0.4, 0.5) is 0 Å². The summed E-state index contributed by atoms with van der Waals surface area (Å²) >= 11 is 0. The number of nitrogens with zero attached hydrogens (tertiary/aromatic N) is 5. The van der Waals surface area contributed by atoms with E-state index in [0.29, 0.717) is 12.0 Å². The van der Waals surface area contributed by atoms with E-state index < -0.39 is 0 Å². The van der Waals surface area contributed by atoms with Crippen molar-refractivity contribution in [2.75, 3.05) is 19.7 Å². The number of tetrazole rings is 1. The summed E-state index contributed by atoms with van der Waals surface area (Å²) in [4.78, 5) is 2.50. The first kappa shape index (κ1) is 15.6. The summed E-state index contributed by atoms with van der Waals surface area (Å²) in [5, 5.41) is 12.4. The molecule has 0 N–H and O–H groups in total. The van der Waals surface area contributed by atoms with Gasteiger partial charge in [-0.1, -0.05) is 18.2 Å². The van der Waals surface area contributed by atoms with Gasteiger partial charge >= 0.3 is 0 Å². The Balaban J connectivity index is 1.28. The normalized spacial score (nSPS) is 20.9. The van der Waals surface area contributed by atoms with Crippen molar-refractivity contribution in [3.8, 4) is 5.75 Å². The highest BCUT2D eigenvalue weighted by Crippen LogP contribution is 2.36. The maximum Gasteiger partial charge on any atom is 0.168 e. The summed E-state index contributed by atoms with van der Waals surface area (Å²) in [6.45, 7) is 5.21. The van der Waals surface area contributed by atoms with Crippen LogP contribution in [0, 0.1) is 5.92 Å². The molecule has 1 aliphatic heterocycles. The van der Waals surface area contributed by atoms with Gasteiger partial charge in [0.25, 0.3) is 0 Å². The molecule has 1 aromatic heterocycles. The van der Waals surface area contributed by atoms with Crippen molar-refractivity contribution < 1.29 is 4.74 Å². The zero-order valence-electron chi connectivity index (χ0n) is 14.2. The van der Waals surface area contributed by atoms with Gasteiger partial charge in [-0.25, -0.2) is 4.68 Å². The lowest BCUT2D eigenvalue weighted by molar-refractivity contribution is 0.108. The standard InChI is InChI=1S/C18H25N5O/c1-14(18-19-20-21-23(18)16-7-8-16)22-11-9-15(10-12-22)13-24-17-5-3-2-4-6-17/h2-6,14-16H,7-13H2,1H3. The van der Waals surface area contributed by atoms with Gasteiger partial charge in [0.15, 0.2) is 5.82 Å². The summed E-state index contributed by atoms with van der Waals surface area (Å²) in [5.41, 5.74) is 0. The Labute approximate surface area is 142 Å². The Bertz CT molecular complexity index is 646. The molecule has 2 heterocycles. The molecule has 2 aromatic rings. The molecular weight excluding hydrogens is 302 g/mol. The van der Waals surface area contributed by atoms with Crippen molar-refractivity contribution in [2.24, 2.45) is 5.92 Å². The van der Waals surface area contributed by atoms with Gasteiger partial charge in [0.1, 0.15) is 5.75 Å². The van der Waals surface area contributed by atoms with Crippen LogP contribution in [0.1, 0.15) is 50.5 Å². The molecule has 2 fully saturated rings. The number of hydrogen-bond donors (Lipinski definition) is 0. The minimum absolute atomic E-state index is 0.289. The predicted octanol–water partition coefficient (Wildman–Crippen LogP) is 2.86. The van der Waals surface area contributed by atoms with Crippen molar-refractivity contribution in [3.63, 3.8) is 0 Å². The molecule has 128 valence electrons. The molecule has 6 heteroatoms. The first-order valence-electron chi connectivity index (χ1n) is 9.01. The van der Waals surface area contributed by atoms with Gasteiger partial charge in [-0.05, 0) is 74.2 Å². The van der Waals surface area contributed by atoms with Gasteiger partial charge in [0.2, 0.25) is 0 Å². The lowest BCUT2D eigenvalue weighted by atomic mass is 9.96. The average molecular weight is 327 g/mol. The van der Waals surface area contributed by atoms with E-state index in [1.54, 1.807) is 0 Å². The second-order valence-corrected chi connectivity index (χ2v) is 6.99. The molecule has 1 atom stereocenters. The Morgan fingerprint density at radius 1 is 1.12 bits per heavy atom. The molecule has 0 bridgehead atoms. The number of rotatable bonds is 6. The average Bonchev–Trinajstić information content (AvgIpc) is 3.37. The van der Waals surface area contributed by atoms with E-state index in [-0.39, 0.29) is 6.04 Å². The first-order chi connectivity index (χ1) is 11.8. The van der Waals surface area contributed by atoms with Crippen LogP contribution in [0.15, 0.2) is 30.3 Å². The van der Waals surface area contributed by atoms with Crippen LogP contribution < -0.4 is 4.74 Å². The lowest BCUT2D eigenvalue weighted by Gasteiger charge is -2.35. The first-order valence-corrected chi connectivity index (χ1v) is 9.01. The minimum Gasteiger partial charge on any atom is -0.493 e. The monoisotopic (exact) mass is 327 g/mol. The lowest BCUT2D eigenvalue weighted by Crippen LogP contribution is -2.38. The molecule has 0 amide bonds. The van der Waals surface area contributed by atoms with Crippen LogP contribution in [0.2, 0.25) is 0 Å². The molecule has 24 heavy (non-hydrogen) atoms. The third-order valence-electron chi connectivity index (χ3n) is 5.21. The van der Waals surface area contributed by atoms with Crippen molar-refractivity contribution in [1.29, 1.82) is 0 Å². The molecular formula is C18H25N5O. The van der Waals surface area contributed by atoms with E-state index in [9.17, 15) is 0 Å². The number of para-hydroxylation sites is 1. The molecule has 2 aliphatic rings. The topological polar surface area (TPSA) is 56.1 Å². The second kappa shape index (κ2) is 6.89. The van der Waals surface area contributed by atoms with Gasteiger partial charge in [-0.3, -0.25) is 4.90 Å². The Kier molecular flexibility index (Phi) is 4.47. The van der Waals surface area contributed by atoms with Crippen molar-refractivity contribution >= 4 is 0 Å². The fraction of sp³-hybridized carbons (Fsp3) is 0.611. The third kappa shape index (κ3) is 3.43. The highest BCUT2D eigenvalue weighted by Gasteiger charge is 2.32. The number of aromatic nitrogens is 4. The van der Waals surface area contributed by atoms with Gasteiger partial charge < -0.3 is 4.74 Å². The van der Waals surface area contributed by atoms with Gasteiger partial charge in [-0.2, -0.15) is 0 Å². The summed E-state index contributed by atoms with van der Waals surface area (Å²) in [5.74, 6) is 2.63. The molecule has 1 saturated carbocycles. The van der Waals surface area contributed by atoms with Crippen LogP contribution in [0.3, 0.4) is 0 Å². The van der Waals surface area contributed by atoms with E-state index in [1.165, 1.54) is 25.7 Å². The maximum absolute atomic E-state index is 5.92. The highest BCUT2D eigenvalue weighted by molar-refractivity contribution is 5.20. The van der Waals surface area contributed by atoms with Crippen molar-refractivity contribution in [1.82, 2.24) is 25.1 Å². The van der Waals surface area contributed by atoms with E-state index in [1.807, 2.05) is 35.0 Å². The number of likely N-dealkylation sites (tertiary alicyclic amines) is 1. The zero-order valence-corrected chi connectivity index (χ0v) is 14.2. The number of benzene rings is 1. The van der Waals surface area contributed by atoms with Crippen LogP contribution in [0.5, 0.6) is 5.75 Å². The van der Waals surface area contributed by atoms with Crippen LogP contribution in [-0.2, 0) is 0 Å². The van der Waals surface area contributed by atoms with Crippen molar-refractivity contribution in [2.45, 2.75) is 44.7 Å². The fourth-order valence-corrected chi connectivity index (χ4v) is 3.46. The van der Waals surface area contributed by atoms with Gasteiger partial charge in [0, 0.05) is 0 Å². The third-order valence-corrected chi connectivity index (χ3v) is 5.21. The number of hydrogen-bond acceptors (Lipinski definition) is 5. The van der Waals surface area contributed by atoms with Crippen LogP contribution in [-0.4, -0.2) is 44.8 Å². The van der Waals surface area contributed by atoms with E-state index in [4.69, 9.17) is 4.74 Å². The molecule has 0 radical (unpaired) electrons. The smallest absolute Gasteiger partial charge is 0.168 e. The summed E-state index contributed by atoms with van der Waals surface area (Å²) in [7, 11) is 0. The Morgan fingerprint density at radius 2 is 1.88 bits per heavy atom. The largest absolute Gasteiger partial charge is 0.493 e. The quantitative estimate of drug-likeness (QED) is 0.816. The second-order valence-electron chi connectivity index (χ2n) is 6.99. The van der Waals surface area contributed by atoms with Gasteiger partial charge in [0.05, 0.1) is 18.7 Å². The van der Waals surface area contributed by atoms with Crippen LogP contribution in [0.25, 0.3) is 0 Å². The fourth-order valence-electron chi connectivity index (χ4n) is 3.46. The summed E-state index contributed by atoms with van der Waals surface area (Å²) in [6.07, 6.45) is 4.76. The zero-order chi connectivity index (χ0) is 16.4. The molecule has 1 aromatic carbocycles. The van der Waals surface area contributed by atoms with E-state index >= 15 is 0 Å². The maximum atomic E-state index is 5.92. The highest BCUT2D eigenvalue weighted by atomic mass is 16.5. The minimum atomic E-state index is 0.289. The molecule has 0 spiro atoms. The van der Waals surface area contributed by atoms with E-state index in [2.05, 4.69) is 27.3 Å². The number of piperidine rings is 1. The summed E-state index contributed by atoms with van der Waals surface area (Å²) in [6, 6.07) is 10.9. The Morgan fingerprint density at radius 3 is 2.58 bits per heavy atom. The molecule has 6 nitrogen and oxygen atoms in total. The Hall–Kier alpha value is -1.95. The number of ether oxygens (including phenoxy) is 1. The van der Waals surface area contributed by atoms with Crippen LogP contribution >= 0.6 is 0 Å².